The number of nitrogens with zero attached hydrogens (tertiary/aromatic N) is 1. The average molecular weight is 277 g/mol. The highest BCUT2D eigenvalue weighted by Gasteiger charge is 2.16. The van der Waals surface area contributed by atoms with Crippen LogP contribution in [0.3, 0.4) is 0 Å². The van der Waals surface area contributed by atoms with Gasteiger partial charge in [0.25, 0.3) is 0 Å². The summed E-state index contributed by atoms with van der Waals surface area (Å²) in [6.45, 7) is 5.61. The van der Waals surface area contributed by atoms with Crippen LogP contribution in [0.5, 0.6) is 0 Å². The molecule has 1 heterocycles. The zero-order valence-electron chi connectivity index (χ0n) is 12.3. The number of aryl methyl sites for hydroxylation is 1. The smallest absolute Gasteiger partial charge is 0.335 e. The van der Waals surface area contributed by atoms with Gasteiger partial charge in [-0.2, -0.15) is 0 Å². The molecule has 0 amide bonds. The first-order valence-corrected chi connectivity index (χ1v) is 7.15. The highest BCUT2D eigenvalue weighted by Crippen LogP contribution is 2.17. The second kappa shape index (κ2) is 6.86. The second-order valence-corrected chi connectivity index (χ2v) is 5.73. The van der Waals surface area contributed by atoms with Crippen molar-refractivity contribution in [1.29, 1.82) is 0 Å². The Hall–Kier alpha value is -1.39. The molecule has 110 valence electrons. The van der Waals surface area contributed by atoms with Gasteiger partial charge in [-0.15, -0.1) is 0 Å². The van der Waals surface area contributed by atoms with Crippen molar-refractivity contribution in [3.8, 4) is 0 Å². The van der Waals surface area contributed by atoms with E-state index in [-0.39, 0.29) is 0 Å². The Labute approximate surface area is 120 Å². The summed E-state index contributed by atoms with van der Waals surface area (Å²) >= 11 is 0. The van der Waals surface area contributed by atoms with E-state index in [1.54, 1.807) is 12.1 Å². The van der Waals surface area contributed by atoms with Crippen LogP contribution in [0.4, 0.5) is 0 Å². The lowest BCUT2D eigenvalue weighted by molar-refractivity contribution is 0.0411. The van der Waals surface area contributed by atoms with E-state index >= 15 is 0 Å². The summed E-state index contributed by atoms with van der Waals surface area (Å²) in [5, 5.41) is 8.97. The molecule has 1 unspecified atom stereocenters. The van der Waals surface area contributed by atoms with E-state index in [1.807, 2.05) is 13.0 Å². The molecule has 1 saturated heterocycles. The van der Waals surface area contributed by atoms with Crippen LogP contribution in [0.15, 0.2) is 18.2 Å². The van der Waals surface area contributed by atoms with Gasteiger partial charge in [0.2, 0.25) is 0 Å². The van der Waals surface area contributed by atoms with Crippen molar-refractivity contribution in [2.24, 2.45) is 5.92 Å². The van der Waals surface area contributed by atoms with Crippen molar-refractivity contribution in [2.75, 3.05) is 26.8 Å². The fourth-order valence-electron chi connectivity index (χ4n) is 2.75. The van der Waals surface area contributed by atoms with Crippen molar-refractivity contribution in [1.82, 2.24) is 4.90 Å². The lowest BCUT2D eigenvalue weighted by atomic mass is 10.0. The van der Waals surface area contributed by atoms with Gasteiger partial charge in [0.05, 0.1) is 12.2 Å². The van der Waals surface area contributed by atoms with E-state index in [0.29, 0.717) is 11.5 Å². The molecule has 0 bridgehead atoms. The van der Waals surface area contributed by atoms with Crippen LogP contribution in [0, 0.1) is 12.8 Å². The molecule has 0 spiro atoms. The molecule has 4 nitrogen and oxygen atoms in total. The lowest BCUT2D eigenvalue weighted by Gasteiger charge is -2.27. The third kappa shape index (κ3) is 4.05. The SMILES string of the molecule is Cc1cc(C(=O)O)ccc1CN(C)CC1CCCOC1. The molecule has 1 atom stereocenters. The highest BCUT2D eigenvalue weighted by molar-refractivity contribution is 5.87. The lowest BCUT2D eigenvalue weighted by Crippen LogP contribution is -2.30. The van der Waals surface area contributed by atoms with E-state index in [4.69, 9.17) is 9.84 Å². The maximum atomic E-state index is 10.9. The quantitative estimate of drug-likeness (QED) is 0.898. The molecule has 1 aliphatic rings. The summed E-state index contributed by atoms with van der Waals surface area (Å²) < 4.78 is 5.51. The van der Waals surface area contributed by atoms with Crippen LogP contribution in [0.2, 0.25) is 0 Å². The minimum absolute atomic E-state index is 0.356. The molecule has 0 aliphatic carbocycles. The van der Waals surface area contributed by atoms with E-state index < -0.39 is 5.97 Å². The number of hydrogen-bond acceptors (Lipinski definition) is 3. The number of carboxylic acid groups (broad SMARTS) is 1. The van der Waals surface area contributed by atoms with E-state index in [1.165, 1.54) is 12.0 Å². The van der Waals surface area contributed by atoms with Crippen LogP contribution in [0.25, 0.3) is 0 Å². The van der Waals surface area contributed by atoms with Gasteiger partial charge in [0.1, 0.15) is 0 Å². The standard InChI is InChI=1S/C16H23NO3/c1-12-8-14(16(18)19)5-6-15(12)10-17(2)9-13-4-3-7-20-11-13/h5-6,8,13H,3-4,7,9-11H2,1-2H3,(H,18,19). The third-order valence-corrected chi connectivity index (χ3v) is 3.85. The molecule has 1 aromatic carbocycles. The third-order valence-electron chi connectivity index (χ3n) is 3.85. The van der Waals surface area contributed by atoms with Crippen molar-refractivity contribution in [3.63, 3.8) is 0 Å². The first-order chi connectivity index (χ1) is 9.56. The van der Waals surface area contributed by atoms with E-state index in [0.717, 1.165) is 38.3 Å². The zero-order chi connectivity index (χ0) is 14.5. The predicted octanol–water partition coefficient (Wildman–Crippen LogP) is 2.55. The summed E-state index contributed by atoms with van der Waals surface area (Å²) in [4.78, 5) is 13.2. The summed E-state index contributed by atoms with van der Waals surface area (Å²) in [6.07, 6.45) is 2.39. The Morgan fingerprint density at radius 3 is 2.90 bits per heavy atom. The van der Waals surface area contributed by atoms with Gasteiger partial charge in [0.15, 0.2) is 0 Å². The molecule has 1 aromatic rings. The van der Waals surface area contributed by atoms with Gasteiger partial charge in [-0.3, -0.25) is 0 Å². The van der Waals surface area contributed by atoms with E-state index in [9.17, 15) is 4.79 Å². The number of aromatic carboxylic acids is 1. The minimum atomic E-state index is -0.868. The number of benzene rings is 1. The Morgan fingerprint density at radius 2 is 2.30 bits per heavy atom. The summed E-state index contributed by atoms with van der Waals surface area (Å²) in [5.74, 6) is -0.250. The van der Waals surface area contributed by atoms with Crippen molar-refractivity contribution >= 4 is 5.97 Å². The van der Waals surface area contributed by atoms with Gasteiger partial charge < -0.3 is 14.7 Å². The molecule has 2 rings (SSSR count). The number of rotatable bonds is 5. The molecule has 1 aliphatic heterocycles. The minimum Gasteiger partial charge on any atom is -0.478 e. The number of carboxylic acids is 1. The summed E-state index contributed by atoms with van der Waals surface area (Å²) in [5.41, 5.74) is 2.58. The summed E-state index contributed by atoms with van der Waals surface area (Å²) in [6, 6.07) is 5.35. The van der Waals surface area contributed by atoms with E-state index in [2.05, 4.69) is 11.9 Å². The topological polar surface area (TPSA) is 49.8 Å². The first-order valence-electron chi connectivity index (χ1n) is 7.15. The van der Waals surface area contributed by atoms with Crippen molar-refractivity contribution < 1.29 is 14.6 Å². The van der Waals surface area contributed by atoms with Crippen molar-refractivity contribution in [3.05, 3.63) is 34.9 Å². The Morgan fingerprint density at radius 1 is 1.50 bits per heavy atom. The second-order valence-electron chi connectivity index (χ2n) is 5.73. The Balaban J connectivity index is 1.93. The fourth-order valence-corrected chi connectivity index (χ4v) is 2.75. The number of hydrogen-bond donors (Lipinski definition) is 1. The molecule has 20 heavy (non-hydrogen) atoms. The Kier molecular flexibility index (Phi) is 5.15. The van der Waals surface area contributed by atoms with Crippen LogP contribution >= 0.6 is 0 Å². The predicted molar refractivity (Wildman–Crippen MR) is 78.0 cm³/mol. The van der Waals surface area contributed by atoms with Crippen LogP contribution in [-0.2, 0) is 11.3 Å². The highest BCUT2D eigenvalue weighted by atomic mass is 16.5. The normalized spacial score (nSPS) is 19.2. The molecule has 0 radical (unpaired) electrons. The molecule has 4 heteroatoms. The largest absolute Gasteiger partial charge is 0.478 e. The summed E-state index contributed by atoms with van der Waals surface area (Å²) in [7, 11) is 2.11. The maximum Gasteiger partial charge on any atom is 0.335 e. The van der Waals surface area contributed by atoms with Gasteiger partial charge in [-0.05, 0) is 56.0 Å². The average Bonchev–Trinajstić information content (AvgIpc) is 2.42. The van der Waals surface area contributed by atoms with Gasteiger partial charge in [-0.1, -0.05) is 6.07 Å². The van der Waals surface area contributed by atoms with Crippen LogP contribution in [0.1, 0.15) is 34.3 Å². The molecular formula is C16H23NO3. The Bertz CT molecular complexity index is 467. The molecule has 1 fully saturated rings. The fraction of sp³-hybridized carbons (Fsp3) is 0.562. The maximum absolute atomic E-state index is 10.9. The van der Waals surface area contributed by atoms with Gasteiger partial charge >= 0.3 is 5.97 Å². The van der Waals surface area contributed by atoms with Crippen LogP contribution in [-0.4, -0.2) is 42.8 Å². The van der Waals surface area contributed by atoms with Gasteiger partial charge in [-0.25, -0.2) is 4.79 Å². The zero-order valence-corrected chi connectivity index (χ0v) is 12.3. The first kappa shape index (κ1) is 15.0. The monoisotopic (exact) mass is 277 g/mol. The number of carbonyl (C=O) groups is 1. The molecule has 1 N–H and O–H groups in total. The number of ether oxygens (including phenoxy) is 1. The van der Waals surface area contributed by atoms with Gasteiger partial charge in [0, 0.05) is 19.7 Å². The molecular weight excluding hydrogens is 254 g/mol. The molecule has 0 saturated carbocycles. The van der Waals surface area contributed by atoms with Crippen molar-refractivity contribution in [2.45, 2.75) is 26.3 Å². The van der Waals surface area contributed by atoms with Crippen LogP contribution < -0.4 is 0 Å². The molecule has 0 aromatic heterocycles.